The second kappa shape index (κ2) is 11.2. The van der Waals surface area contributed by atoms with E-state index in [4.69, 9.17) is 9.15 Å². The number of aliphatic imine (C=N–C) groups is 1. The van der Waals surface area contributed by atoms with Crippen molar-refractivity contribution in [1.29, 1.82) is 0 Å². The maximum absolute atomic E-state index is 6.05. The van der Waals surface area contributed by atoms with Gasteiger partial charge in [-0.05, 0) is 49.4 Å². The van der Waals surface area contributed by atoms with E-state index in [0.717, 1.165) is 35.6 Å². The number of H-pyrrole nitrogens is 1. The number of ether oxygens (including phenoxy) is 1. The minimum absolute atomic E-state index is 0. The molecule has 31 heavy (non-hydrogen) atoms. The zero-order valence-electron chi connectivity index (χ0n) is 17.9. The summed E-state index contributed by atoms with van der Waals surface area (Å²) >= 11 is 0. The predicted octanol–water partition coefficient (Wildman–Crippen LogP) is 3.69. The lowest BCUT2D eigenvalue weighted by molar-refractivity contribution is 0.296. The van der Waals surface area contributed by atoms with Crippen LogP contribution in [0.15, 0.2) is 46.0 Å². The molecule has 9 heteroatoms. The minimum Gasteiger partial charge on any atom is -0.493 e. The first-order chi connectivity index (χ1) is 14.7. The van der Waals surface area contributed by atoms with Gasteiger partial charge < -0.3 is 19.8 Å². The van der Waals surface area contributed by atoms with E-state index in [0.29, 0.717) is 31.1 Å². The summed E-state index contributed by atoms with van der Waals surface area (Å²) in [6.07, 6.45) is 4.86. The van der Waals surface area contributed by atoms with Crippen LogP contribution in [0.1, 0.15) is 29.8 Å². The summed E-state index contributed by atoms with van der Waals surface area (Å²) in [5, 5.41) is 13.8. The zero-order chi connectivity index (χ0) is 20.8. The van der Waals surface area contributed by atoms with Gasteiger partial charge in [-0.25, -0.2) is 4.98 Å². The third-order valence-electron chi connectivity index (χ3n) is 4.99. The van der Waals surface area contributed by atoms with Crippen molar-refractivity contribution in [2.24, 2.45) is 10.9 Å². The summed E-state index contributed by atoms with van der Waals surface area (Å²) in [6.45, 7) is 4.21. The predicted molar refractivity (Wildman–Crippen MR) is 131 cm³/mol. The lowest BCUT2D eigenvalue weighted by Crippen LogP contribution is -2.38. The monoisotopic (exact) mass is 536 g/mol. The van der Waals surface area contributed by atoms with Crippen molar-refractivity contribution >= 4 is 29.9 Å². The molecule has 1 saturated carbocycles. The van der Waals surface area contributed by atoms with Crippen LogP contribution in [0.25, 0.3) is 11.6 Å². The van der Waals surface area contributed by atoms with Gasteiger partial charge >= 0.3 is 0 Å². The highest BCUT2D eigenvalue weighted by molar-refractivity contribution is 14.0. The van der Waals surface area contributed by atoms with Crippen molar-refractivity contribution < 1.29 is 9.15 Å². The van der Waals surface area contributed by atoms with Crippen LogP contribution in [0.4, 0.5) is 0 Å². The van der Waals surface area contributed by atoms with Gasteiger partial charge in [-0.1, -0.05) is 12.1 Å². The van der Waals surface area contributed by atoms with Gasteiger partial charge in [0.2, 0.25) is 5.82 Å². The van der Waals surface area contributed by atoms with Crippen molar-refractivity contribution in [1.82, 2.24) is 25.8 Å². The molecule has 1 aliphatic rings. The van der Waals surface area contributed by atoms with Gasteiger partial charge in [-0.2, -0.15) is 5.10 Å². The summed E-state index contributed by atoms with van der Waals surface area (Å²) in [6, 6.07) is 9.99. The van der Waals surface area contributed by atoms with Crippen LogP contribution in [0.2, 0.25) is 0 Å². The number of aromatic amines is 1. The first-order valence-corrected chi connectivity index (χ1v) is 10.3. The highest BCUT2D eigenvalue weighted by atomic mass is 127. The Hall–Kier alpha value is -2.56. The van der Waals surface area contributed by atoms with Gasteiger partial charge in [0.15, 0.2) is 11.7 Å². The molecule has 0 aliphatic heterocycles. The van der Waals surface area contributed by atoms with E-state index in [2.05, 4.69) is 55.9 Å². The van der Waals surface area contributed by atoms with Crippen LogP contribution in [0, 0.1) is 12.8 Å². The molecule has 1 fully saturated rings. The molecule has 0 atom stereocenters. The van der Waals surface area contributed by atoms with E-state index < -0.39 is 0 Å². The largest absolute Gasteiger partial charge is 0.493 e. The molecule has 3 aromatic rings. The fourth-order valence-electron chi connectivity index (χ4n) is 3.06. The van der Waals surface area contributed by atoms with Crippen molar-refractivity contribution in [3.8, 4) is 17.3 Å². The Morgan fingerprint density at radius 3 is 2.90 bits per heavy atom. The molecule has 3 N–H and O–H groups in total. The average molecular weight is 536 g/mol. The Kier molecular flexibility index (Phi) is 8.33. The topological polar surface area (TPSA) is 100 Å². The minimum atomic E-state index is 0. The third-order valence-corrected chi connectivity index (χ3v) is 4.99. The molecule has 0 radical (unpaired) electrons. The number of rotatable bonds is 9. The summed E-state index contributed by atoms with van der Waals surface area (Å²) in [4.78, 5) is 8.76. The van der Waals surface area contributed by atoms with Crippen LogP contribution in [-0.2, 0) is 13.0 Å². The Morgan fingerprint density at radius 1 is 1.29 bits per heavy atom. The number of nitrogens with one attached hydrogen (secondary N) is 3. The summed E-state index contributed by atoms with van der Waals surface area (Å²) in [7, 11) is 1.76. The molecule has 166 valence electrons. The van der Waals surface area contributed by atoms with Crippen LogP contribution in [0.3, 0.4) is 0 Å². The molecule has 2 aromatic heterocycles. The highest BCUT2D eigenvalue weighted by Gasteiger charge is 2.22. The molecule has 0 spiro atoms. The van der Waals surface area contributed by atoms with Crippen molar-refractivity contribution in [2.75, 3.05) is 20.2 Å². The van der Waals surface area contributed by atoms with Crippen molar-refractivity contribution in [2.45, 2.75) is 32.7 Å². The number of nitrogens with zero attached hydrogens (tertiary/aromatic N) is 3. The Bertz CT molecular complexity index is 982. The molecule has 0 saturated heterocycles. The fraction of sp³-hybridized carbons (Fsp3) is 0.409. The number of aryl methyl sites for hydroxylation is 1. The number of aromatic nitrogens is 3. The second-order valence-electron chi connectivity index (χ2n) is 7.55. The molecule has 0 amide bonds. The van der Waals surface area contributed by atoms with Crippen LogP contribution >= 0.6 is 24.0 Å². The quantitative estimate of drug-likeness (QED) is 0.219. The van der Waals surface area contributed by atoms with Crippen molar-refractivity contribution in [3.05, 3.63) is 53.5 Å². The maximum atomic E-state index is 6.05. The van der Waals surface area contributed by atoms with Gasteiger partial charge in [0.1, 0.15) is 11.6 Å². The summed E-state index contributed by atoms with van der Waals surface area (Å²) < 4.78 is 11.4. The van der Waals surface area contributed by atoms with E-state index in [1.165, 1.54) is 18.4 Å². The number of hydrogen-bond donors (Lipinski definition) is 3. The van der Waals surface area contributed by atoms with Crippen LogP contribution in [0.5, 0.6) is 5.75 Å². The molecule has 1 aromatic carbocycles. The highest BCUT2D eigenvalue weighted by Crippen LogP contribution is 2.30. The molecule has 8 nitrogen and oxygen atoms in total. The lowest BCUT2D eigenvalue weighted by atomic mass is 10.1. The fourth-order valence-corrected chi connectivity index (χ4v) is 3.06. The molecule has 4 rings (SSSR count). The lowest BCUT2D eigenvalue weighted by Gasteiger charge is -2.15. The van der Waals surface area contributed by atoms with Gasteiger partial charge in [0.25, 0.3) is 0 Å². The van der Waals surface area contributed by atoms with E-state index in [1.807, 2.05) is 12.1 Å². The Labute approximate surface area is 199 Å². The van der Waals surface area contributed by atoms with E-state index in [-0.39, 0.29) is 24.0 Å². The number of guanidine groups is 1. The normalized spacial score (nSPS) is 13.5. The maximum Gasteiger partial charge on any atom is 0.216 e. The number of halogens is 1. The number of hydrogen-bond acceptors (Lipinski definition) is 5. The van der Waals surface area contributed by atoms with E-state index in [9.17, 15) is 0 Å². The summed E-state index contributed by atoms with van der Waals surface area (Å²) in [5.74, 6) is 4.42. The molecular formula is C22H29IN6O2. The Balaban J connectivity index is 0.00000272. The van der Waals surface area contributed by atoms with Crippen molar-refractivity contribution in [3.63, 3.8) is 0 Å². The third kappa shape index (κ3) is 6.71. The van der Waals surface area contributed by atoms with E-state index in [1.54, 1.807) is 13.3 Å². The summed E-state index contributed by atoms with van der Waals surface area (Å²) in [5.41, 5.74) is 2.33. The molecule has 1 aliphatic carbocycles. The molecule has 2 heterocycles. The van der Waals surface area contributed by atoms with Gasteiger partial charge in [0, 0.05) is 32.1 Å². The van der Waals surface area contributed by atoms with Gasteiger partial charge in [0.05, 0.1) is 12.9 Å². The standard InChI is InChI=1S/C22H28N6O2.HI/c1-15-5-8-17(19(12-15)30-14-16-6-7-16)13-25-22(23-2)24-10-9-20-26-21(28-27-20)18-4-3-11-29-18;/h3-5,8,11-12,16H,6-7,9-10,13-14H2,1-2H3,(H2,23,24,25)(H,26,27,28);1H. The first kappa shape index (κ1) is 23.1. The Morgan fingerprint density at radius 2 is 2.16 bits per heavy atom. The van der Waals surface area contributed by atoms with Crippen LogP contribution < -0.4 is 15.4 Å². The first-order valence-electron chi connectivity index (χ1n) is 10.3. The number of benzene rings is 1. The zero-order valence-corrected chi connectivity index (χ0v) is 20.2. The van der Waals surface area contributed by atoms with Crippen LogP contribution in [-0.4, -0.2) is 41.3 Å². The van der Waals surface area contributed by atoms with Gasteiger partial charge in [-0.3, -0.25) is 10.1 Å². The van der Waals surface area contributed by atoms with Gasteiger partial charge in [-0.15, -0.1) is 24.0 Å². The smallest absolute Gasteiger partial charge is 0.216 e. The number of furan rings is 1. The molecule has 0 bridgehead atoms. The average Bonchev–Trinajstić information content (AvgIpc) is 3.21. The van der Waals surface area contributed by atoms with E-state index >= 15 is 0 Å². The SMILES string of the molecule is CN=C(NCCc1nc(-c2ccco2)n[nH]1)NCc1ccc(C)cc1OCC1CC1.I. The molecule has 0 unspecified atom stereocenters. The molecular weight excluding hydrogens is 507 g/mol. The second-order valence-corrected chi connectivity index (χ2v) is 7.55.